The second-order valence-electron chi connectivity index (χ2n) is 6.41. The molecule has 2 unspecified atom stereocenters. The molecule has 0 heterocycles. The maximum Gasteiger partial charge on any atom is 0.226 e. The molecule has 0 spiro atoms. The molecular weight excluding hydrogens is 252 g/mol. The molecule has 2 amide bonds. The summed E-state index contributed by atoms with van der Waals surface area (Å²) in [5.74, 6) is 0.148. The minimum absolute atomic E-state index is 0.0551. The Kier molecular flexibility index (Phi) is 5.44. The van der Waals surface area contributed by atoms with Gasteiger partial charge in [0.2, 0.25) is 11.8 Å². The number of unbranched alkanes of at least 4 members (excludes halogenated alkanes) is 1. The van der Waals surface area contributed by atoms with Gasteiger partial charge in [-0.3, -0.25) is 9.59 Å². The van der Waals surface area contributed by atoms with Gasteiger partial charge in [-0.1, -0.05) is 32.6 Å². The lowest BCUT2D eigenvalue weighted by Gasteiger charge is -2.23. The lowest BCUT2D eigenvalue weighted by atomic mass is 9.95. The molecule has 4 nitrogen and oxygen atoms in total. The zero-order valence-electron chi connectivity index (χ0n) is 12.9. The number of carbonyl (C=O) groups is 2. The van der Waals surface area contributed by atoms with E-state index in [9.17, 15) is 9.59 Å². The van der Waals surface area contributed by atoms with Crippen LogP contribution in [-0.2, 0) is 9.59 Å². The average molecular weight is 280 g/mol. The minimum atomic E-state index is -0.0616. The van der Waals surface area contributed by atoms with Crippen LogP contribution in [0.1, 0.15) is 58.3 Å². The second-order valence-corrected chi connectivity index (χ2v) is 6.41. The van der Waals surface area contributed by atoms with Crippen molar-refractivity contribution >= 4 is 11.8 Å². The highest BCUT2D eigenvalue weighted by Gasteiger charge is 2.49. The van der Waals surface area contributed by atoms with Crippen LogP contribution in [0.25, 0.3) is 0 Å². The van der Waals surface area contributed by atoms with Gasteiger partial charge in [0, 0.05) is 19.6 Å². The predicted molar refractivity (Wildman–Crippen MR) is 79.2 cm³/mol. The van der Waals surface area contributed by atoms with Crippen molar-refractivity contribution in [3.63, 3.8) is 0 Å². The van der Waals surface area contributed by atoms with Gasteiger partial charge >= 0.3 is 0 Å². The molecule has 0 aromatic heterocycles. The molecule has 2 aliphatic rings. The van der Waals surface area contributed by atoms with Crippen LogP contribution < -0.4 is 5.32 Å². The van der Waals surface area contributed by atoms with E-state index in [2.05, 4.69) is 12.2 Å². The summed E-state index contributed by atoms with van der Waals surface area (Å²) in [6, 6.07) is 0.352. The van der Waals surface area contributed by atoms with Gasteiger partial charge in [0.25, 0.3) is 0 Å². The molecule has 0 aliphatic heterocycles. The van der Waals surface area contributed by atoms with Crippen LogP contribution in [0.15, 0.2) is 0 Å². The quantitative estimate of drug-likeness (QED) is 0.812. The molecule has 2 saturated carbocycles. The van der Waals surface area contributed by atoms with E-state index < -0.39 is 0 Å². The number of nitrogens with one attached hydrogen (secondary N) is 1. The number of hydrogen-bond donors (Lipinski definition) is 1. The topological polar surface area (TPSA) is 49.4 Å². The highest BCUT2D eigenvalue weighted by atomic mass is 16.2. The molecule has 114 valence electrons. The lowest BCUT2D eigenvalue weighted by Crippen LogP contribution is -2.38. The average Bonchev–Trinajstić information content (AvgIpc) is 3.25. The Morgan fingerprint density at radius 3 is 2.50 bits per heavy atom. The molecule has 0 aromatic carbocycles. The molecule has 0 radical (unpaired) electrons. The van der Waals surface area contributed by atoms with Crippen molar-refractivity contribution in [2.45, 2.75) is 64.3 Å². The van der Waals surface area contributed by atoms with Gasteiger partial charge in [-0.15, -0.1) is 0 Å². The first kappa shape index (κ1) is 15.3. The van der Waals surface area contributed by atoms with Crippen molar-refractivity contribution in [2.24, 2.45) is 11.8 Å². The molecule has 2 atom stereocenters. The summed E-state index contributed by atoms with van der Waals surface area (Å²) in [4.78, 5) is 26.1. The van der Waals surface area contributed by atoms with Crippen LogP contribution in [0.3, 0.4) is 0 Å². The SMILES string of the molecule is CCCCN(C)C(=O)C1CC1C(=O)NC1CCCCC1. The van der Waals surface area contributed by atoms with Crippen molar-refractivity contribution in [2.75, 3.05) is 13.6 Å². The number of amides is 2. The summed E-state index contributed by atoms with van der Waals surface area (Å²) in [6.45, 7) is 2.93. The van der Waals surface area contributed by atoms with Crippen LogP contribution in [0.4, 0.5) is 0 Å². The summed E-state index contributed by atoms with van der Waals surface area (Å²) in [6.07, 6.45) is 8.81. The molecule has 2 aliphatic carbocycles. The van der Waals surface area contributed by atoms with E-state index in [1.165, 1.54) is 19.3 Å². The Morgan fingerprint density at radius 1 is 1.15 bits per heavy atom. The number of hydrogen-bond acceptors (Lipinski definition) is 2. The Labute approximate surface area is 122 Å². The fraction of sp³-hybridized carbons (Fsp3) is 0.875. The highest BCUT2D eigenvalue weighted by molar-refractivity contribution is 5.92. The van der Waals surface area contributed by atoms with Crippen LogP contribution in [0, 0.1) is 11.8 Å². The predicted octanol–water partition coefficient (Wildman–Crippen LogP) is 2.33. The van der Waals surface area contributed by atoms with E-state index in [-0.39, 0.29) is 23.7 Å². The number of carbonyl (C=O) groups excluding carboxylic acids is 2. The molecule has 2 rings (SSSR count). The summed E-state index contributed by atoms with van der Waals surface area (Å²) in [5, 5.41) is 3.14. The summed E-state index contributed by atoms with van der Waals surface area (Å²) >= 11 is 0. The largest absolute Gasteiger partial charge is 0.353 e. The maximum absolute atomic E-state index is 12.2. The van der Waals surface area contributed by atoms with E-state index in [1.807, 2.05) is 7.05 Å². The van der Waals surface area contributed by atoms with Crippen molar-refractivity contribution in [3.05, 3.63) is 0 Å². The number of nitrogens with zero attached hydrogens (tertiary/aromatic N) is 1. The fourth-order valence-electron chi connectivity index (χ4n) is 3.10. The lowest BCUT2D eigenvalue weighted by molar-refractivity contribution is -0.133. The molecule has 4 heteroatoms. The van der Waals surface area contributed by atoms with Crippen LogP contribution in [0.5, 0.6) is 0 Å². The third kappa shape index (κ3) is 3.97. The standard InChI is InChI=1S/C16H28N2O2/c1-3-4-10-18(2)16(20)14-11-13(14)15(19)17-12-8-6-5-7-9-12/h12-14H,3-11H2,1-2H3,(H,17,19). The Morgan fingerprint density at radius 2 is 1.85 bits per heavy atom. The van der Waals surface area contributed by atoms with Crippen molar-refractivity contribution in [1.82, 2.24) is 10.2 Å². The molecule has 2 fully saturated rings. The summed E-state index contributed by atoms with van der Waals surface area (Å²) in [7, 11) is 1.85. The van der Waals surface area contributed by atoms with Gasteiger partial charge in [0.05, 0.1) is 11.8 Å². The highest BCUT2D eigenvalue weighted by Crippen LogP contribution is 2.40. The van der Waals surface area contributed by atoms with Crippen molar-refractivity contribution in [1.29, 1.82) is 0 Å². The molecule has 0 saturated heterocycles. The van der Waals surface area contributed by atoms with Gasteiger partial charge in [-0.25, -0.2) is 0 Å². The van der Waals surface area contributed by atoms with Gasteiger partial charge < -0.3 is 10.2 Å². The van der Waals surface area contributed by atoms with Gasteiger partial charge in [-0.2, -0.15) is 0 Å². The Hall–Kier alpha value is -1.06. The molecule has 20 heavy (non-hydrogen) atoms. The van der Waals surface area contributed by atoms with E-state index in [0.29, 0.717) is 6.04 Å². The zero-order valence-corrected chi connectivity index (χ0v) is 12.9. The maximum atomic E-state index is 12.2. The van der Waals surface area contributed by atoms with E-state index in [1.54, 1.807) is 4.90 Å². The van der Waals surface area contributed by atoms with Crippen molar-refractivity contribution in [3.8, 4) is 0 Å². The van der Waals surface area contributed by atoms with Gasteiger partial charge in [0.1, 0.15) is 0 Å². The number of rotatable bonds is 6. The summed E-state index contributed by atoms with van der Waals surface area (Å²) < 4.78 is 0. The third-order valence-electron chi connectivity index (χ3n) is 4.62. The molecular formula is C16H28N2O2. The second kappa shape index (κ2) is 7.09. The zero-order chi connectivity index (χ0) is 14.5. The smallest absolute Gasteiger partial charge is 0.226 e. The van der Waals surface area contributed by atoms with E-state index >= 15 is 0 Å². The minimum Gasteiger partial charge on any atom is -0.353 e. The Bertz CT molecular complexity index is 350. The first-order valence-electron chi connectivity index (χ1n) is 8.18. The molecule has 0 bridgehead atoms. The fourth-order valence-corrected chi connectivity index (χ4v) is 3.10. The van der Waals surface area contributed by atoms with Crippen molar-refractivity contribution < 1.29 is 9.59 Å². The van der Waals surface area contributed by atoms with Gasteiger partial charge in [0.15, 0.2) is 0 Å². The molecule has 1 N–H and O–H groups in total. The Balaban J connectivity index is 1.72. The van der Waals surface area contributed by atoms with E-state index in [0.717, 1.165) is 38.6 Å². The first-order chi connectivity index (χ1) is 9.63. The van der Waals surface area contributed by atoms with E-state index in [4.69, 9.17) is 0 Å². The van der Waals surface area contributed by atoms with Crippen LogP contribution in [0.2, 0.25) is 0 Å². The normalized spacial score (nSPS) is 26.1. The summed E-state index contributed by atoms with van der Waals surface area (Å²) in [5.41, 5.74) is 0. The monoisotopic (exact) mass is 280 g/mol. The van der Waals surface area contributed by atoms with Crippen LogP contribution in [-0.4, -0.2) is 36.3 Å². The van der Waals surface area contributed by atoms with Gasteiger partial charge in [-0.05, 0) is 25.7 Å². The van der Waals surface area contributed by atoms with Crippen LogP contribution >= 0.6 is 0 Å². The molecule has 0 aromatic rings. The first-order valence-corrected chi connectivity index (χ1v) is 8.18. The third-order valence-corrected chi connectivity index (χ3v) is 4.62.